The van der Waals surface area contributed by atoms with Crippen molar-refractivity contribution < 1.29 is 28.6 Å². The summed E-state index contributed by atoms with van der Waals surface area (Å²) in [4.78, 5) is 37.2. The van der Waals surface area contributed by atoms with Crippen molar-refractivity contribution in [3.8, 4) is 0 Å². The van der Waals surface area contributed by atoms with E-state index in [1.165, 1.54) is 83.5 Å². The zero-order valence-electron chi connectivity index (χ0n) is 29.8. The van der Waals surface area contributed by atoms with E-state index in [0.29, 0.717) is 19.3 Å². The molecule has 0 saturated heterocycles. The average molecular weight is 625 g/mol. The van der Waals surface area contributed by atoms with Crippen molar-refractivity contribution >= 4 is 17.9 Å². The Kier molecular flexibility index (Phi) is 30.3. The normalized spacial score (nSPS) is 12.7. The summed E-state index contributed by atoms with van der Waals surface area (Å²) in [6, 6.07) is 0. The Bertz CT molecular complexity index is 676. The standard InChI is InChI=1S/C38H72O6/c1-6-8-9-10-11-18-23-28-36(39)42-31-35(44-38(41)30-25-20-14-12-16-21-26-33(3)4)32-43-37(40)29-24-19-15-13-17-22-27-34(5)7-2/h33-35H,6-32H2,1-5H3/t34?,35-/m1/s1. The van der Waals surface area contributed by atoms with Crippen molar-refractivity contribution in [2.45, 2.75) is 201 Å². The van der Waals surface area contributed by atoms with E-state index in [9.17, 15) is 14.4 Å². The quantitative estimate of drug-likeness (QED) is 0.0421. The maximum Gasteiger partial charge on any atom is 0.306 e. The van der Waals surface area contributed by atoms with Gasteiger partial charge in [0.05, 0.1) is 0 Å². The molecule has 0 rings (SSSR count). The molecule has 0 aromatic heterocycles. The molecule has 0 fully saturated rings. The number of carbonyl (C=O) groups excluding carboxylic acids is 3. The van der Waals surface area contributed by atoms with Crippen LogP contribution in [0.15, 0.2) is 0 Å². The maximum absolute atomic E-state index is 12.5. The second kappa shape index (κ2) is 31.4. The third-order valence-corrected chi connectivity index (χ3v) is 8.58. The molecule has 0 spiro atoms. The molecule has 0 saturated carbocycles. The van der Waals surface area contributed by atoms with E-state index >= 15 is 0 Å². The molecule has 0 aliphatic carbocycles. The lowest BCUT2D eigenvalue weighted by Crippen LogP contribution is -2.30. The van der Waals surface area contributed by atoms with E-state index in [2.05, 4.69) is 34.6 Å². The third-order valence-electron chi connectivity index (χ3n) is 8.58. The molecular weight excluding hydrogens is 552 g/mol. The maximum atomic E-state index is 12.5. The number of carbonyl (C=O) groups is 3. The lowest BCUT2D eigenvalue weighted by Gasteiger charge is -2.18. The molecule has 0 aromatic rings. The molecule has 2 atom stereocenters. The zero-order valence-corrected chi connectivity index (χ0v) is 29.8. The van der Waals surface area contributed by atoms with Gasteiger partial charge in [-0.25, -0.2) is 0 Å². The van der Waals surface area contributed by atoms with Gasteiger partial charge in [0.1, 0.15) is 13.2 Å². The minimum Gasteiger partial charge on any atom is -0.462 e. The van der Waals surface area contributed by atoms with E-state index in [1.807, 2.05) is 0 Å². The highest BCUT2D eigenvalue weighted by atomic mass is 16.6. The molecule has 6 heteroatoms. The minimum absolute atomic E-state index is 0.0686. The summed E-state index contributed by atoms with van der Waals surface area (Å²) in [6.07, 6.45) is 25.4. The molecule has 0 radical (unpaired) electrons. The van der Waals surface area contributed by atoms with Crippen molar-refractivity contribution in [2.75, 3.05) is 13.2 Å². The number of unbranched alkanes of at least 4 members (excludes halogenated alkanes) is 16. The van der Waals surface area contributed by atoms with Gasteiger partial charge in [0, 0.05) is 19.3 Å². The Balaban J connectivity index is 4.37. The van der Waals surface area contributed by atoms with Crippen LogP contribution in [0.1, 0.15) is 195 Å². The number of hydrogen-bond donors (Lipinski definition) is 0. The van der Waals surface area contributed by atoms with Crippen LogP contribution in [0, 0.1) is 11.8 Å². The minimum atomic E-state index is -0.758. The average Bonchev–Trinajstić information content (AvgIpc) is 3.00. The van der Waals surface area contributed by atoms with E-state index in [-0.39, 0.29) is 31.1 Å². The Hall–Kier alpha value is -1.59. The zero-order chi connectivity index (χ0) is 32.7. The fourth-order valence-corrected chi connectivity index (χ4v) is 5.31. The van der Waals surface area contributed by atoms with E-state index in [1.54, 1.807) is 0 Å². The van der Waals surface area contributed by atoms with Crippen LogP contribution in [0.2, 0.25) is 0 Å². The Labute approximate surface area is 272 Å². The monoisotopic (exact) mass is 625 g/mol. The second-order valence-corrected chi connectivity index (χ2v) is 13.6. The predicted octanol–water partition coefficient (Wildman–Crippen LogP) is 11.1. The summed E-state index contributed by atoms with van der Waals surface area (Å²) >= 11 is 0. The summed E-state index contributed by atoms with van der Waals surface area (Å²) in [5.41, 5.74) is 0. The van der Waals surface area contributed by atoms with E-state index in [0.717, 1.165) is 69.6 Å². The molecule has 260 valence electrons. The number of ether oxygens (including phenoxy) is 3. The van der Waals surface area contributed by atoms with E-state index < -0.39 is 6.10 Å². The molecule has 0 amide bonds. The van der Waals surface area contributed by atoms with E-state index in [4.69, 9.17) is 14.2 Å². The van der Waals surface area contributed by atoms with Crippen molar-refractivity contribution in [2.24, 2.45) is 11.8 Å². The van der Waals surface area contributed by atoms with Crippen LogP contribution in [0.3, 0.4) is 0 Å². The fraction of sp³-hybridized carbons (Fsp3) is 0.921. The first-order chi connectivity index (χ1) is 21.3. The molecule has 0 aliphatic rings. The summed E-state index contributed by atoms with van der Waals surface area (Å²) in [7, 11) is 0. The highest BCUT2D eigenvalue weighted by molar-refractivity contribution is 5.71. The Morgan fingerprint density at radius 2 is 0.864 bits per heavy atom. The molecule has 44 heavy (non-hydrogen) atoms. The third kappa shape index (κ3) is 30.4. The Morgan fingerprint density at radius 1 is 0.477 bits per heavy atom. The van der Waals surface area contributed by atoms with Crippen LogP contribution in [-0.4, -0.2) is 37.2 Å². The lowest BCUT2D eigenvalue weighted by molar-refractivity contribution is -0.167. The smallest absolute Gasteiger partial charge is 0.306 e. The van der Waals surface area contributed by atoms with Gasteiger partial charge in [-0.1, -0.05) is 157 Å². The van der Waals surface area contributed by atoms with Crippen molar-refractivity contribution in [1.29, 1.82) is 0 Å². The van der Waals surface area contributed by atoms with Gasteiger partial charge < -0.3 is 14.2 Å². The Morgan fingerprint density at radius 3 is 1.30 bits per heavy atom. The van der Waals surface area contributed by atoms with Gasteiger partial charge in [0.25, 0.3) is 0 Å². The highest BCUT2D eigenvalue weighted by Crippen LogP contribution is 2.16. The van der Waals surface area contributed by atoms with Gasteiger partial charge in [0.2, 0.25) is 0 Å². The largest absolute Gasteiger partial charge is 0.462 e. The van der Waals surface area contributed by atoms with Crippen LogP contribution in [0.4, 0.5) is 0 Å². The molecule has 6 nitrogen and oxygen atoms in total. The molecule has 0 heterocycles. The summed E-state index contributed by atoms with van der Waals surface area (Å²) in [5.74, 6) is 0.691. The first-order valence-electron chi connectivity index (χ1n) is 18.8. The molecule has 0 aromatic carbocycles. The summed E-state index contributed by atoms with van der Waals surface area (Å²) < 4.78 is 16.5. The molecule has 1 unspecified atom stereocenters. The van der Waals surface area contributed by atoms with Gasteiger partial charge >= 0.3 is 17.9 Å². The molecule has 0 N–H and O–H groups in total. The van der Waals surface area contributed by atoms with Crippen LogP contribution < -0.4 is 0 Å². The van der Waals surface area contributed by atoms with Crippen LogP contribution in [-0.2, 0) is 28.6 Å². The molecule has 0 bridgehead atoms. The SMILES string of the molecule is CCCCCCCCCC(=O)OC[C@H](COC(=O)CCCCCCCCC(C)CC)OC(=O)CCCCCCCCC(C)C. The topological polar surface area (TPSA) is 78.9 Å². The van der Waals surface area contributed by atoms with Crippen LogP contribution >= 0.6 is 0 Å². The fourth-order valence-electron chi connectivity index (χ4n) is 5.31. The van der Waals surface area contributed by atoms with Gasteiger partial charge in [-0.3, -0.25) is 14.4 Å². The van der Waals surface area contributed by atoms with Gasteiger partial charge in [-0.2, -0.15) is 0 Å². The summed E-state index contributed by atoms with van der Waals surface area (Å²) in [6.45, 7) is 11.2. The van der Waals surface area contributed by atoms with Gasteiger partial charge in [-0.05, 0) is 31.1 Å². The van der Waals surface area contributed by atoms with Crippen molar-refractivity contribution in [3.05, 3.63) is 0 Å². The van der Waals surface area contributed by atoms with Gasteiger partial charge in [-0.15, -0.1) is 0 Å². The van der Waals surface area contributed by atoms with Crippen LogP contribution in [0.25, 0.3) is 0 Å². The van der Waals surface area contributed by atoms with Gasteiger partial charge in [0.15, 0.2) is 6.10 Å². The first kappa shape index (κ1) is 42.4. The highest BCUT2D eigenvalue weighted by Gasteiger charge is 2.19. The number of hydrogen-bond acceptors (Lipinski definition) is 6. The van der Waals surface area contributed by atoms with Crippen molar-refractivity contribution in [1.82, 2.24) is 0 Å². The summed E-state index contributed by atoms with van der Waals surface area (Å²) in [5, 5.41) is 0. The molecular formula is C38H72O6. The number of esters is 3. The lowest BCUT2D eigenvalue weighted by atomic mass is 10.00. The second-order valence-electron chi connectivity index (χ2n) is 13.6. The predicted molar refractivity (Wildman–Crippen MR) is 183 cm³/mol. The first-order valence-corrected chi connectivity index (χ1v) is 18.8. The number of rotatable bonds is 32. The van der Waals surface area contributed by atoms with Crippen molar-refractivity contribution in [3.63, 3.8) is 0 Å². The van der Waals surface area contributed by atoms with Crippen LogP contribution in [0.5, 0.6) is 0 Å². The molecule has 0 aliphatic heterocycles.